The lowest BCUT2D eigenvalue weighted by molar-refractivity contribution is 0.0162. The first-order valence-electron chi connectivity index (χ1n) is 10.4. The number of carbonyl (C=O) groups is 1. The number of benzene rings is 1. The lowest BCUT2D eigenvalue weighted by atomic mass is 9.95. The van der Waals surface area contributed by atoms with Crippen LogP contribution in [0.25, 0.3) is 0 Å². The molecule has 1 heterocycles. The number of methoxy groups -OCH3 is 2. The summed E-state index contributed by atoms with van der Waals surface area (Å²) < 4.78 is 16.0. The van der Waals surface area contributed by atoms with Crippen LogP contribution in [0, 0.1) is 5.92 Å². The number of hydrogen-bond acceptors (Lipinski definition) is 5. The normalized spacial score (nSPS) is 16.9. The highest BCUT2D eigenvalue weighted by Crippen LogP contribution is 2.27. The van der Waals surface area contributed by atoms with Crippen LogP contribution in [-0.4, -0.2) is 56.4 Å². The molecule has 0 radical (unpaired) electrons. The number of nitrogens with two attached hydrogens (primary N) is 1. The van der Waals surface area contributed by atoms with E-state index in [0.29, 0.717) is 36.5 Å². The fourth-order valence-corrected chi connectivity index (χ4v) is 3.41. The molecule has 9 heteroatoms. The van der Waals surface area contributed by atoms with E-state index in [1.165, 1.54) is 0 Å². The number of hydrogen-bond donors (Lipinski definition) is 2. The predicted octanol–water partition coefficient (Wildman–Crippen LogP) is 3.76. The standard InChI is InChI=1S/C22H36N4O4.HI/c1-22(2,3)30-21(27)26-12-6-7-16(15-26)10-11-24-20(23)25-14-17-8-9-18(28-4)19(13-17)29-5;/h8-9,13,16H,6-7,10-12,14-15H2,1-5H3,(H3,23,24,25);1H. The van der Waals surface area contributed by atoms with Crippen molar-refractivity contribution in [2.45, 2.75) is 52.2 Å². The SMILES string of the molecule is COc1ccc(CN=C(N)NCCC2CCCN(C(=O)OC(C)(C)C)C2)cc1OC.I. The summed E-state index contributed by atoms with van der Waals surface area (Å²) in [7, 11) is 3.21. The van der Waals surface area contributed by atoms with E-state index in [2.05, 4.69) is 10.3 Å². The van der Waals surface area contributed by atoms with E-state index >= 15 is 0 Å². The van der Waals surface area contributed by atoms with Crippen LogP contribution < -0.4 is 20.5 Å². The molecule has 0 bridgehead atoms. The van der Waals surface area contributed by atoms with Crippen LogP contribution in [0.15, 0.2) is 23.2 Å². The molecule has 1 aliphatic heterocycles. The molecule has 1 amide bonds. The number of nitrogens with one attached hydrogen (secondary N) is 1. The average molecular weight is 548 g/mol. The Balaban J connectivity index is 0.00000480. The molecule has 3 N–H and O–H groups in total. The van der Waals surface area contributed by atoms with Crippen molar-refractivity contribution < 1.29 is 19.0 Å². The van der Waals surface area contributed by atoms with E-state index in [1.807, 2.05) is 43.9 Å². The number of ether oxygens (including phenoxy) is 3. The fraction of sp³-hybridized carbons (Fsp3) is 0.636. The topological polar surface area (TPSA) is 98.4 Å². The molecule has 0 spiro atoms. The minimum atomic E-state index is -0.468. The number of guanidine groups is 1. The summed E-state index contributed by atoms with van der Waals surface area (Å²) in [5.41, 5.74) is 6.52. The second kappa shape index (κ2) is 12.8. The number of aliphatic imine (C=N–C) groups is 1. The van der Waals surface area contributed by atoms with Crippen LogP contribution in [0.4, 0.5) is 4.79 Å². The number of likely N-dealkylation sites (tertiary alicyclic amines) is 1. The lowest BCUT2D eigenvalue weighted by Gasteiger charge is -2.34. The van der Waals surface area contributed by atoms with Gasteiger partial charge in [-0.05, 0) is 63.6 Å². The molecular weight excluding hydrogens is 511 g/mol. The van der Waals surface area contributed by atoms with Crippen LogP contribution in [0.1, 0.15) is 45.6 Å². The maximum Gasteiger partial charge on any atom is 0.410 e. The van der Waals surface area contributed by atoms with Gasteiger partial charge in [-0.2, -0.15) is 0 Å². The van der Waals surface area contributed by atoms with Crippen molar-refractivity contribution in [2.24, 2.45) is 16.6 Å². The van der Waals surface area contributed by atoms with E-state index in [0.717, 1.165) is 37.9 Å². The van der Waals surface area contributed by atoms with E-state index in [9.17, 15) is 4.79 Å². The van der Waals surface area contributed by atoms with Gasteiger partial charge in [0.1, 0.15) is 5.60 Å². The predicted molar refractivity (Wildman–Crippen MR) is 133 cm³/mol. The van der Waals surface area contributed by atoms with Gasteiger partial charge < -0.3 is 30.2 Å². The number of carbonyl (C=O) groups excluding carboxylic acids is 1. The monoisotopic (exact) mass is 548 g/mol. The smallest absolute Gasteiger partial charge is 0.410 e. The molecule has 1 aliphatic rings. The minimum absolute atomic E-state index is 0. The molecule has 1 fully saturated rings. The molecule has 31 heavy (non-hydrogen) atoms. The van der Waals surface area contributed by atoms with E-state index < -0.39 is 5.60 Å². The molecule has 0 aromatic heterocycles. The number of piperidine rings is 1. The summed E-state index contributed by atoms with van der Waals surface area (Å²) in [6.07, 6.45) is 2.79. The number of amides is 1. The van der Waals surface area contributed by atoms with Gasteiger partial charge in [-0.3, -0.25) is 0 Å². The fourth-order valence-electron chi connectivity index (χ4n) is 3.41. The Kier molecular flexibility index (Phi) is 11.2. The van der Waals surface area contributed by atoms with Gasteiger partial charge >= 0.3 is 6.09 Å². The van der Waals surface area contributed by atoms with Gasteiger partial charge in [0.25, 0.3) is 0 Å². The first-order valence-corrected chi connectivity index (χ1v) is 10.4. The summed E-state index contributed by atoms with van der Waals surface area (Å²) in [6, 6.07) is 5.68. The van der Waals surface area contributed by atoms with Gasteiger partial charge in [0.05, 0.1) is 20.8 Å². The highest BCUT2D eigenvalue weighted by molar-refractivity contribution is 14.0. The quantitative estimate of drug-likeness (QED) is 0.306. The van der Waals surface area contributed by atoms with Crippen molar-refractivity contribution in [2.75, 3.05) is 33.9 Å². The van der Waals surface area contributed by atoms with Gasteiger partial charge in [-0.15, -0.1) is 24.0 Å². The third kappa shape index (κ3) is 9.40. The van der Waals surface area contributed by atoms with Gasteiger partial charge in [0.15, 0.2) is 17.5 Å². The van der Waals surface area contributed by atoms with Crippen LogP contribution in [0.2, 0.25) is 0 Å². The Morgan fingerprint density at radius 2 is 1.97 bits per heavy atom. The average Bonchev–Trinajstić information content (AvgIpc) is 2.71. The molecule has 1 unspecified atom stereocenters. The molecule has 1 aromatic carbocycles. The molecular formula is C22H37IN4O4. The molecule has 1 atom stereocenters. The molecule has 1 saturated heterocycles. The van der Waals surface area contributed by atoms with Crippen LogP contribution in [0.3, 0.4) is 0 Å². The largest absolute Gasteiger partial charge is 0.493 e. The van der Waals surface area contributed by atoms with E-state index in [1.54, 1.807) is 14.2 Å². The van der Waals surface area contributed by atoms with Crippen molar-refractivity contribution in [3.63, 3.8) is 0 Å². The Morgan fingerprint density at radius 3 is 2.61 bits per heavy atom. The minimum Gasteiger partial charge on any atom is -0.493 e. The summed E-state index contributed by atoms with van der Waals surface area (Å²) in [5, 5.41) is 3.17. The summed E-state index contributed by atoms with van der Waals surface area (Å²) >= 11 is 0. The highest BCUT2D eigenvalue weighted by Gasteiger charge is 2.27. The molecule has 176 valence electrons. The molecule has 2 rings (SSSR count). The third-order valence-corrected chi connectivity index (χ3v) is 4.91. The van der Waals surface area contributed by atoms with Crippen molar-refractivity contribution >= 4 is 36.0 Å². The van der Waals surface area contributed by atoms with Gasteiger partial charge in [0, 0.05) is 19.6 Å². The van der Waals surface area contributed by atoms with Gasteiger partial charge in [-0.25, -0.2) is 9.79 Å². The maximum absolute atomic E-state index is 12.3. The second-order valence-corrected chi connectivity index (χ2v) is 8.54. The first-order chi connectivity index (χ1) is 14.2. The summed E-state index contributed by atoms with van der Waals surface area (Å²) in [6.45, 7) is 8.32. The third-order valence-electron chi connectivity index (χ3n) is 4.91. The van der Waals surface area contributed by atoms with Crippen LogP contribution in [0.5, 0.6) is 11.5 Å². The lowest BCUT2D eigenvalue weighted by Crippen LogP contribution is -2.43. The van der Waals surface area contributed by atoms with Crippen LogP contribution >= 0.6 is 24.0 Å². The maximum atomic E-state index is 12.3. The molecule has 1 aromatic rings. The van der Waals surface area contributed by atoms with Gasteiger partial charge in [0.2, 0.25) is 0 Å². The number of nitrogens with zero attached hydrogens (tertiary/aromatic N) is 2. The Morgan fingerprint density at radius 1 is 1.26 bits per heavy atom. The van der Waals surface area contributed by atoms with Crippen molar-refractivity contribution in [3.05, 3.63) is 23.8 Å². The van der Waals surface area contributed by atoms with E-state index in [-0.39, 0.29) is 30.1 Å². The zero-order valence-electron chi connectivity index (χ0n) is 19.3. The van der Waals surface area contributed by atoms with Crippen LogP contribution in [-0.2, 0) is 11.3 Å². The summed E-state index contributed by atoms with van der Waals surface area (Å²) in [5.74, 6) is 2.19. The Hall–Kier alpha value is -1.91. The first kappa shape index (κ1) is 27.1. The summed E-state index contributed by atoms with van der Waals surface area (Å²) in [4.78, 5) is 18.5. The zero-order chi connectivity index (χ0) is 22.1. The zero-order valence-corrected chi connectivity index (χ0v) is 21.6. The molecule has 0 saturated carbocycles. The van der Waals surface area contributed by atoms with E-state index in [4.69, 9.17) is 19.9 Å². The highest BCUT2D eigenvalue weighted by atomic mass is 127. The second-order valence-electron chi connectivity index (χ2n) is 8.54. The number of rotatable bonds is 7. The van der Waals surface area contributed by atoms with Crippen molar-refractivity contribution in [1.82, 2.24) is 10.2 Å². The van der Waals surface area contributed by atoms with Crippen molar-refractivity contribution in [3.8, 4) is 11.5 Å². The Bertz CT molecular complexity index is 737. The molecule has 8 nitrogen and oxygen atoms in total. The molecule has 0 aliphatic carbocycles. The number of halogens is 1. The Labute approximate surface area is 202 Å². The van der Waals surface area contributed by atoms with Crippen molar-refractivity contribution in [1.29, 1.82) is 0 Å². The van der Waals surface area contributed by atoms with Gasteiger partial charge in [-0.1, -0.05) is 6.07 Å².